The van der Waals surface area contributed by atoms with Crippen LogP contribution in [0.1, 0.15) is 25.0 Å². The van der Waals surface area contributed by atoms with Crippen molar-refractivity contribution in [2.75, 3.05) is 13.2 Å². The van der Waals surface area contributed by atoms with Gasteiger partial charge in [0.25, 0.3) is 0 Å². The molecule has 0 aliphatic heterocycles. The van der Waals surface area contributed by atoms with Gasteiger partial charge in [0.15, 0.2) is 24.7 Å². The van der Waals surface area contributed by atoms with Crippen LogP contribution in [0, 0.1) is 0 Å². The van der Waals surface area contributed by atoms with E-state index in [4.69, 9.17) is 18.9 Å². The van der Waals surface area contributed by atoms with Crippen LogP contribution in [-0.4, -0.2) is 25.2 Å². The van der Waals surface area contributed by atoms with E-state index in [1.54, 1.807) is 0 Å². The Morgan fingerprint density at radius 2 is 0.882 bits per heavy atom. The summed E-state index contributed by atoms with van der Waals surface area (Å²) < 4.78 is 26.9. The lowest BCUT2D eigenvalue weighted by Gasteiger charge is -2.28. The molecule has 0 radical (unpaired) electrons. The first-order valence-corrected chi connectivity index (χ1v) is 20.1. The lowest BCUT2D eigenvalue weighted by molar-refractivity contribution is -0.137. The molecule has 6 rings (SSSR count). The second-order valence-electron chi connectivity index (χ2n) is 11.9. The van der Waals surface area contributed by atoms with Crippen molar-refractivity contribution < 1.29 is 28.5 Å². The SMILES string of the molecule is CC(C)(c1cc(Br)c(OC(=O)COc2ccc3ccccc3c2Br)c(Br)c1)c1cc(Br)c(OC(=O)COc2ccc3ccccc3c2Br)c(Br)c1. The number of rotatable bonds is 10. The van der Waals surface area contributed by atoms with Crippen LogP contribution in [0.25, 0.3) is 21.5 Å². The van der Waals surface area contributed by atoms with E-state index >= 15 is 0 Å². The number of fused-ring (bicyclic) bond motifs is 2. The number of carbonyl (C=O) groups excluding carboxylic acids is 2. The largest absolute Gasteiger partial charge is 0.481 e. The molecule has 0 aromatic heterocycles. The fourth-order valence-electron chi connectivity index (χ4n) is 5.41. The average molecular weight is 1070 g/mol. The minimum atomic E-state index is -0.559. The topological polar surface area (TPSA) is 71.1 Å². The molecule has 0 fully saturated rings. The van der Waals surface area contributed by atoms with Crippen LogP contribution in [0.15, 0.2) is 124 Å². The van der Waals surface area contributed by atoms with Crippen LogP contribution in [0.3, 0.4) is 0 Å². The molecule has 260 valence electrons. The summed E-state index contributed by atoms with van der Waals surface area (Å²) in [5, 5.41) is 4.08. The number of ether oxygens (including phenoxy) is 4. The zero-order chi connectivity index (χ0) is 36.4. The van der Waals surface area contributed by atoms with E-state index in [0.29, 0.717) is 40.9 Å². The number of esters is 2. The van der Waals surface area contributed by atoms with E-state index < -0.39 is 17.4 Å². The van der Waals surface area contributed by atoms with Gasteiger partial charge in [0.1, 0.15) is 11.5 Å². The second kappa shape index (κ2) is 16.1. The Labute approximate surface area is 345 Å². The highest BCUT2D eigenvalue weighted by Gasteiger charge is 2.28. The van der Waals surface area contributed by atoms with Crippen LogP contribution >= 0.6 is 95.6 Å². The highest BCUT2D eigenvalue weighted by atomic mass is 79.9. The Morgan fingerprint density at radius 3 is 1.25 bits per heavy atom. The van der Waals surface area contributed by atoms with Crippen molar-refractivity contribution in [1.29, 1.82) is 0 Å². The van der Waals surface area contributed by atoms with Gasteiger partial charge in [-0.05, 0) is 165 Å². The van der Waals surface area contributed by atoms with E-state index in [1.165, 1.54) is 0 Å². The predicted octanol–water partition coefficient (Wildman–Crippen LogP) is 12.9. The number of hydrogen-bond acceptors (Lipinski definition) is 6. The standard InChI is InChI=1S/C39H26Br6O6/c1-39(2,23-15-27(40)37(28(41)16-23)50-33(46)19-48-31-13-11-21-7-3-5-9-25(21)35(31)44)24-17-29(42)38(30(43)18-24)51-34(47)20-49-32-14-12-22-8-4-6-10-26(22)36(32)45/h3-18H,19-20H2,1-2H3. The van der Waals surface area contributed by atoms with Gasteiger partial charge < -0.3 is 18.9 Å². The molecule has 12 heteroatoms. The molecule has 0 aliphatic rings. The van der Waals surface area contributed by atoms with Crippen molar-refractivity contribution in [3.05, 3.63) is 135 Å². The van der Waals surface area contributed by atoms with E-state index in [1.807, 2.05) is 97.1 Å². The average Bonchev–Trinajstić information content (AvgIpc) is 3.10. The van der Waals surface area contributed by atoms with Gasteiger partial charge in [-0.1, -0.05) is 74.5 Å². The summed E-state index contributed by atoms with van der Waals surface area (Å²) in [4.78, 5) is 25.7. The summed E-state index contributed by atoms with van der Waals surface area (Å²) in [5.74, 6) is 0.642. The Kier molecular flexibility index (Phi) is 12.0. The molecule has 0 heterocycles. The molecule has 0 N–H and O–H groups in total. The second-order valence-corrected chi connectivity index (χ2v) is 16.9. The van der Waals surface area contributed by atoms with Crippen LogP contribution in [0.5, 0.6) is 23.0 Å². The molecule has 6 aromatic carbocycles. The normalized spacial score (nSPS) is 11.5. The first kappa shape index (κ1) is 38.0. The van der Waals surface area contributed by atoms with E-state index in [0.717, 1.165) is 41.6 Å². The highest BCUT2D eigenvalue weighted by molar-refractivity contribution is 9.11. The van der Waals surface area contributed by atoms with Crippen LogP contribution < -0.4 is 18.9 Å². The maximum absolute atomic E-state index is 12.9. The zero-order valence-corrected chi connectivity index (χ0v) is 36.4. The van der Waals surface area contributed by atoms with E-state index in [9.17, 15) is 9.59 Å². The third kappa shape index (κ3) is 8.41. The van der Waals surface area contributed by atoms with Gasteiger partial charge in [0.05, 0.1) is 26.8 Å². The lowest BCUT2D eigenvalue weighted by Crippen LogP contribution is -2.21. The molecule has 51 heavy (non-hydrogen) atoms. The van der Waals surface area contributed by atoms with Gasteiger partial charge in [0, 0.05) is 5.41 Å². The minimum absolute atomic E-state index is 0.283. The third-order valence-corrected chi connectivity index (χ3v) is 12.2. The van der Waals surface area contributed by atoms with Crippen LogP contribution in [-0.2, 0) is 15.0 Å². The molecule has 0 aliphatic carbocycles. The van der Waals surface area contributed by atoms with Crippen molar-refractivity contribution in [2.24, 2.45) is 0 Å². The van der Waals surface area contributed by atoms with Gasteiger partial charge in [0.2, 0.25) is 0 Å². The summed E-state index contributed by atoms with van der Waals surface area (Å²) in [5.41, 5.74) is 1.32. The smallest absolute Gasteiger partial charge is 0.349 e. The number of halogens is 6. The van der Waals surface area contributed by atoms with Crippen LogP contribution in [0.2, 0.25) is 0 Å². The Bertz CT molecular complexity index is 2120. The molecule has 0 saturated heterocycles. The molecular weight excluding hydrogens is 1040 g/mol. The van der Waals surface area contributed by atoms with Gasteiger partial charge in [-0.15, -0.1) is 0 Å². The maximum Gasteiger partial charge on any atom is 0.349 e. The van der Waals surface area contributed by atoms with Gasteiger partial charge in [-0.25, -0.2) is 9.59 Å². The molecular formula is C39H26Br6O6. The Morgan fingerprint density at radius 1 is 0.529 bits per heavy atom. The van der Waals surface area contributed by atoms with Gasteiger partial charge in [-0.3, -0.25) is 0 Å². The summed E-state index contributed by atoms with van der Waals surface area (Å²) in [6.07, 6.45) is 0. The van der Waals surface area contributed by atoms with Gasteiger partial charge in [-0.2, -0.15) is 0 Å². The molecule has 6 aromatic rings. The molecule has 0 amide bonds. The predicted molar refractivity (Wildman–Crippen MR) is 221 cm³/mol. The molecule has 6 nitrogen and oxygen atoms in total. The molecule has 0 bridgehead atoms. The Hall–Kier alpha value is -2.74. The molecule has 0 atom stereocenters. The van der Waals surface area contributed by atoms with E-state index in [-0.39, 0.29) is 13.2 Å². The quantitative estimate of drug-likeness (QED) is 0.101. The molecule has 0 saturated carbocycles. The first-order valence-electron chi connectivity index (χ1n) is 15.3. The zero-order valence-electron chi connectivity index (χ0n) is 26.9. The number of carbonyl (C=O) groups is 2. The summed E-state index contributed by atoms with van der Waals surface area (Å²) >= 11 is 21.6. The summed E-state index contributed by atoms with van der Waals surface area (Å²) in [6, 6.07) is 30.9. The number of hydrogen-bond donors (Lipinski definition) is 0. The highest BCUT2D eigenvalue weighted by Crippen LogP contribution is 2.44. The van der Waals surface area contributed by atoms with Crippen molar-refractivity contribution in [3.63, 3.8) is 0 Å². The van der Waals surface area contributed by atoms with Crippen molar-refractivity contribution in [2.45, 2.75) is 19.3 Å². The van der Waals surface area contributed by atoms with Crippen molar-refractivity contribution >= 4 is 129 Å². The maximum atomic E-state index is 12.9. The summed E-state index contributed by atoms with van der Waals surface area (Å²) in [7, 11) is 0. The van der Waals surface area contributed by atoms with Crippen LogP contribution in [0.4, 0.5) is 0 Å². The van der Waals surface area contributed by atoms with E-state index in [2.05, 4.69) is 109 Å². The molecule has 0 spiro atoms. The Balaban J connectivity index is 1.12. The van der Waals surface area contributed by atoms with Gasteiger partial charge >= 0.3 is 11.9 Å². The first-order chi connectivity index (χ1) is 24.3. The third-order valence-electron chi connectivity index (χ3n) is 8.22. The monoisotopic (exact) mass is 1060 g/mol. The molecule has 0 unspecified atom stereocenters. The summed E-state index contributed by atoms with van der Waals surface area (Å²) in [6.45, 7) is 3.57. The van der Waals surface area contributed by atoms with Crippen molar-refractivity contribution in [1.82, 2.24) is 0 Å². The minimum Gasteiger partial charge on any atom is -0.481 e. The fourth-order valence-corrected chi connectivity index (χ4v) is 9.33. The van der Waals surface area contributed by atoms with Crippen molar-refractivity contribution in [3.8, 4) is 23.0 Å². The fraction of sp³-hybridized carbons (Fsp3) is 0.128. The lowest BCUT2D eigenvalue weighted by atomic mass is 9.78. The number of benzene rings is 6.